The molecule has 3 heteroatoms. The SMILES string of the molecule is Cc1cc2cc(-c3ccc4c(c3)Cc3cc(-c5cc6cc(C)c(C)cc6o5)n(C)c3-4)oc2cc1C. The van der Waals surface area contributed by atoms with Gasteiger partial charge in [0.1, 0.15) is 16.9 Å². The van der Waals surface area contributed by atoms with E-state index in [1.165, 1.54) is 44.6 Å². The molecule has 0 bridgehead atoms. The molecule has 35 heavy (non-hydrogen) atoms. The Bertz CT molecular complexity index is 1740. The molecule has 1 aliphatic carbocycles. The van der Waals surface area contributed by atoms with Gasteiger partial charge in [-0.05, 0) is 110 Å². The molecule has 0 amide bonds. The van der Waals surface area contributed by atoms with Crippen LogP contribution in [-0.2, 0) is 13.5 Å². The van der Waals surface area contributed by atoms with Gasteiger partial charge in [-0.25, -0.2) is 0 Å². The number of rotatable bonds is 2. The van der Waals surface area contributed by atoms with E-state index in [1.54, 1.807) is 0 Å². The molecular weight excluding hydrogens is 430 g/mol. The van der Waals surface area contributed by atoms with E-state index in [0.29, 0.717) is 0 Å². The van der Waals surface area contributed by atoms with Gasteiger partial charge in [0, 0.05) is 35.4 Å². The highest BCUT2D eigenvalue weighted by atomic mass is 16.3. The Kier molecular flexibility index (Phi) is 4.09. The first-order valence-electron chi connectivity index (χ1n) is 12.2. The normalized spacial score (nSPS) is 12.6. The molecule has 7 rings (SSSR count). The van der Waals surface area contributed by atoms with Gasteiger partial charge >= 0.3 is 0 Å². The molecule has 0 spiro atoms. The summed E-state index contributed by atoms with van der Waals surface area (Å²) >= 11 is 0. The fraction of sp³-hybridized carbons (Fsp3) is 0.188. The molecule has 0 saturated carbocycles. The van der Waals surface area contributed by atoms with Gasteiger partial charge in [-0.15, -0.1) is 0 Å². The van der Waals surface area contributed by atoms with Gasteiger partial charge in [-0.3, -0.25) is 0 Å². The lowest BCUT2D eigenvalue weighted by Crippen LogP contribution is -1.94. The maximum absolute atomic E-state index is 6.28. The van der Waals surface area contributed by atoms with Gasteiger partial charge in [0.05, 0.1) is 11.4 Å². The van der Waals surface area contributed by atoms with Crippen LogP contribution in [0.4, 0.5) is 0 Å². The van der Waals surface area contributed by atoms with Crippen LogP contribution >= 0.6 is 0 Å². The molecule has 6 aromatic rings. The molecule has 3 nitrogen and oxygen atoms in total. The molecule has 3 heterocycles. The fourth-order valence-electron chi connectivity index (χ4n) is 5.59. The highest BCUT2D eigenvalue weighted by Gasteiger charge is 2.26. The maximum Gasteiger partial charge on any atom is 0.151 e. The van der Waals surface area contributed by atoms with Crippen LogP contribution in [0.15, 0.2) is 69.5 Å². The monoisotopic (exact) mass is 457 g/mol. The van der Waals surface area contributed by atoms with Gasteiger partial charge in [-0.2, -0.15) is 0 Å². The number of aromatic nitrogens is 1. The standard InChI is InChI=1S/C32H27NO2/c1-17-8-23-15-30(34-28(23)10-19(17)3)21-6-7-26-22(12-21)13-25-14-27(33(5)32(25)26)31-16-24-9-18(2)20(4)11-29(24)35-31/h6-12,14-16H,13H2,1-5H3. The summed E-state index contributed by atoms with van der Waals surface area (Å²) in [6.45, 7) is 8.56. The van der Waals surface area contributed by atoms with Crippen LogP contribution in [0.1, 0.15) is 33.4 Å². The summed E-state index contributed by atoms with van der Waals surface area (Å²) in [6, 6.07) is 22.0. The Morgan fingerprint density at radius 1 is 0.629 bits per heavy atom. The van der Waals surface area contributed by atoms with Crippen molar-refractivity contribution in [3.8, 4) is 34.0 Å². The number of hydrogen-bond donors (Lipinski definition) is 0. The molecule has 0 unspecified atom stereocenters. The third-order valence-electron chi connectivity index (χ3n) is 7.86. The van der Waals surface area contributed by atoms with Gasteiger partial charge in [0.15, 0.2) is 5.76 Å². The van der Waals surface area contributed by atoms with Crippen LogP contribution in [0.25, 0.3) is 56.0 Å². The Hall–Kier alpha value is -3.98. The third-order valence-corrected chi connectivity index (χ3v) is 7.86. The zero-order valence-electron chi connectivity index (χ0n) is 20.7. The lowest BCUT2D eigenvalue weighted by Gasteiger charge is -2.08. The van der Waals surface area contributed by atoms with Gasteiger partial charge < -0.3 is 13.4 Å². The van der Waals surface area contributed by atoms with E-state index in [-0.39, 0.29) is 0 Å². The van der Waals surface area contributed by atoms with Crippen molar-refractivity contribution in [2.24, 2.45) is 7.05 Å². The Morgan fingerprint density at radius 2 is 1.23 bits per heavy atom. The van der Waals surface area contributed by atoms with Crippen LogP contribution in [0, 0.1) is 27.7 Å². The van der Waals surface area contributed by atoms with Gasteiger partial charge in [0.25, 0.3) is 0 Å². The highest BCUT2D eigenvalue weighted by Crippen LogP contribution is 2.43. The van der Waals surface area contributed by atoms with Crippen LogP contribution in [0.5, 0.6) is 0 Å². The minimum atomic E-state index is 0.920. The van der Waals surface area contributed by atoms with E-state index < -0.39 is 0 Å². The summed E-state index contributed by atoms with van der Waals surface area (Å²) in [6.07, 6.45) is 0.920. The van der Waals surface area contributed by atoms with Crippen LogP contribution in [0.3, 0.4) is 0 Å². The highest BCUT2D eigenvalue weighted by molar-refractivity contribution is 5.88. The molecule has 3 aromatic heterocycles. The third kappa shape index (κ3) is 2.97. The van der Waals surface area contributed by atoms with E-state index in [0.717, 1.165) is 51.1 Å². The lowest BCUT2D eigenvalue weighted by atomic mass is 10.0. The zero-order valence-corrected chi connectivity index (χ0v) is 20.7. The summed E-state index contributed by atoms with van der Waals surface area (Å²) in [5.74, 6) is 1.85. The maximum atomic E-state index is 6.28. The molecule has 0 aliphatic heterocycles. The van der Waals surface area contributed by atoms with Crippen molar-refractivity contribution in [1.29, 1.82) is 0 Å². The minimum absolute atomic E-state index is 0.920. The first-order valence-corrected chi connectivity index (χ1v) is 12.2. The summed E-state index contributed by atoms with van der Waals surface area (Å²) in [4.78, 5) is 0. The smallest absolute Gasteiger partial charge is 0.151 e. The number of aryl methyl sites for hydroxylation is 4. The quantitative estimate of drug-likeness (QED) is 0.260. The molecular formula is C32H27NO2. The van der Waals surface area contributed by atoms with Crippen molar-refractivity contribution < 1.29 is 8.83 Å². The van der Waals surface area contributed by atoms with E-state index in [2.05, 4.69) is 100.0 Å². The molecule has 0 radical (unpaired) electrons. The average Bonchev–Trinajstić information content (AvgIpc) is 3.56. The second-order valence-corrected chi connectivity index (χ2v) is 10.2. The summed E-state index contributed by atoms with van der Waals surface area (Å²) in [5.41, 5.74) is 14.5. The van der Waals surface area contributed by atoms with Gasteiger partial charge in [0.2, 0.25) is 0 Å². The molecule has 0 atom stereocenters. The van der Waals surface area contributed by atoms with Crippen molar-refractivity contribution in [2.75, 3.05) is 0 Å². The van der Waals surface area contributed by atoms with Crippen molar-refractivity contribution in [2.45, 2.75) is 34.1 Å². The van der Waals surface area contributed by atoms with Crippen molar-refractivity contribution in [3.63, 3.8) is 0 Å². The lowest BCUT2D eigenvalue weighted by molar-refractivity contribution is 0.624. The molecule has 0 fully saturated rings. The number of hydrogen-bond acceptors (Lipinski definition) is 2. The zero-order chi connectivity index (χ0) is 24.0. The number of benzene rings is 3. The van der Waals surface area contributed by atoms with Crippen molar-refractivity contribution in [1.82, 2.24) is 4.57 Å². The summed E-state index contributed by atoms with van der Waals surface area (Å²) in [5, 5.41) is 2.32. The predicted octanol–water partition coefficient (Wildman–Crippen LogP) is 8.66. The van der Waals surface area contributed by atoms with Gasteiger partial charge in [-0.1, -0.05) is 12.1 Å². The number of fused-ring (bicyclic) bond motifs is 5. The van der Waals surface area contributed by atoms with Crippen molar-refractivity contribution >= 4 is 21.9 Å². The minimum Gasteiger partial charge on any atom is -0.456 e. The van der Waals surface area contributed by atoms with Crippen LogP contribution in [0.2, 0.25) is 0 Å². The molecule has 1 aliphatic rings. The van der Waals surface area contributed by atoms with E-state index in [1.807, 2.05) is 0 Å². The Labute approximate surface area is 204 Å². The molecule has 172 valence electrons. The van der Waals surface area contributed by atoms with E-state index >= 15 is 0 Å². The summed E-state index contributed by atoms with van der Waals surface area (Å²) in [7, 11) is 2.14. The Balaban J connectivity index is 1.28. The number of furan rings is 2. The largest absolute Gasteiger partial charge is 0.456 e. The van der Waals surface area contributed by atoms with Crippen molar-refractivity contribution in [3.05, 3.63) is 94.0 Å². The average molecular weight is 458 g/mol. The topological polar surface area (TPSA) is 31.2 Å². The molecule has 0 N–H and O–H groups in total. The molecule has 0 saturated heterocycles. The summed E-state index contributed by atoms with van der Waals surface area (Å²) < 4.78 is 14.8. The Morgan fingerprint density at radius 3 is 1.91 bits per heavy atom. The predicted molar refractivity (Wildman–Crippen MR) is 143 cm³/mol. The molecule has 3 aromatic carbocycles. The van der Waals surface area contributed by atoms with Crippen LogP contribution < -0.4 is 0 Å². The van der Waals surface area contributed by atoms with E-state index in [9.17, 15) is 0 Å². The first-order chi connectivity index (χ1) is 16.9. The second kappa shape index (κ2) is 7.02. The second-order valence-electron chi connectivity index (χ2n) is 10.2. The number of nitrogens with zero attached hydrogens (tertiary/aromatic N) is 1. The fourth-order valence-corrected chi connectivity index (χ4v) is 5.59. The van der Waals surface area contributed by atoms with Crippen LogP contribution in [-0.4, -0.2) is 4.57 Å². The first kappa shape index (κ1) is 20.4. The van der Waals surface area contributed by atoms with E-state index in [4.69, 9.17) is 8.83 Å².